The molecule has 4 nitrogen and oxygen atoms in total. The van der Waals surface area contributed by atoms with Crippen LogP contribution in [0, 0.1) is 5.92 Å². The second-order valence-electron chi connectivity index (χ2n) is 5.62. The quantitative estimate of drug-likeness (QED) is 0.796. The van der Waals surface area contributed by atoms with Crippen LogP contribution in [0.25, 0.3) is 0 Å². The van der Waals surface area contributed by atoms with Crippen molar-refractivity contribution in [1.82, 2.24) is 0 Å². The van der Waals surface area contributed by atoms with Gasteiger partial charge in [0.1, 0.15) is 11.5 Å². The molecule has 2 N–H and O–H groups in total. The van der Waals surface area contributed by atoms with Gasteiger partial charge in [-0.3, -0.25) is 4.79 Å². The van der Waals surface area contributed by atoms with Gasteiger partial charge in [-0.1, -0.05) is 31.2 Å². The van der Waals surface area contributed by atoms with Crippen LogP contribution in [0.3, 0.4) is 0 Å². The van der Waals surface area contributed by atoms with E-state index in [0.717, 1.165) is 11.1 Å². The first-order valence-electron chi connectivity index (χ1n) is 7.75. The van der Waals surface area contributed by atoms with Gasteiger partial charge in [0.05, 0.1) is 12.5 Å². The van der Waals surface area contributed by atoms with E-state index in [2.05, 4.69) is 0 Å². The Balaban J connectivity index is 2.29. The molecule has 0 saturated heterocycles. The van der Waals surface area contributed by atoms with Crippen molar-refractivity contribution >= 4 is 5.97 Å². The molecule has 0 aliphatic carbocycles. The van der Waals surface area contributed by atoms with Crippen molar-refractivity contribution in [3.8, 4) is 11.5 Å². The molecule has 1 atom stereocenters. The Morgan fingerprint density at radius 3 is 1.78 bits per heavy atom. The van der Waals surface area contributed by atoms with Crippen molar-refractivity contribution in [3.63, 3.8) is 0 Å². The number of esters is 1. The van der Waals surface area contributed by atoms with Crippen LogP contribution in [-0.2, 0) is 9.53 Å². The number of hydrogen-bond donors (Lipinski definition) is 2. The minimum Gasteiger partial charge on any atom is -0.508 e. The number of rotatable bonds is 6. The third kappa shape index (κ3) is 4.49. The summed E-state index contributed by atoms with van der Waals surface area (Å²) in [6.07, 6.45) is 0.592. The Hall–Kier alpha value is -2.49. The van der Waals surface area contributed by atoms with E-state index >= 15 is 0 Å². The van der Waals surface area contributed by atoms with Gasteiger partial charge in [-0.15, -0.1) is 0 Å². The summed E-state index contributed by atoms with van der Waals surface area (Å²) in [5.74, 6) is -0.0680. The summed E-state index contributed by atoms with van der Waals surface area (Å²) >= 11 is 0. The number of carbonyl (C=O) groups excluding carboxylic acids is 1. The van der Waals surface area contributed by atoms with Gasteiger partial charge in [0.25, 0.3) is 0 Å². The molecule has 2 rings (SSSR count). The van der Waals surface area contributed by atoms with Crippen molar-refractivity contribution in [2.24, 2.45) is 5.92 Å². The fraction of sp³-hybridized carbons (Fsp3) is 0.316. The Labute approximate surface area is 136 Å². The molecule has 0 fully saturated rings. The van der Waals surface area contributed by atoms with Crippen LogP contribution in [0.1, 0.15) is 37.3 Å². The Morgan fingerprint density at radius 1 is 0.957 bits per heavy atom. The fourth-order valence-corrected chi connectivity index (χ4v) is 2.61. The van der Waals surface area contributed by atoms with Crippen LogP contribution in [0.5, 0.6) is 11.5 Å². The van der Waals surface area contributed by atoms with Crippen LogP contribution in [0.4, 0.5) is 0 Å². The van der Waals surface area contributed by atoms with Crippen molar-refractivity contribution < 1.29 is 19.7 Å². The van der Waals surface area contributed by atoms with Crippen molar-refractivity contribution in [1.29, 1.82) is 0 Å². The molecule has 0 aliphatic rings. The number of aromatic hydroxyl groups is 2. The highest BCUT2D eigenvalue weighted by Crippen LogP contribution is 2.33. The van der Waals surface area contributed by atoms with E-state index < -0.39 is 0 Å². The Morgan fingerprint density at radius 2 is 1.39 bits per heavy atom. The third-order valence-corrected chi connectivity index (χ3v) is 3.87. The second-order valence-corrected chi connectivity index (χ2v) is 5.62. The molecule has 4 heteroatoms. The first-order chi connectivity index (χ1) is 11.0. The average molecular weight is 314 g/mol. The molecular formula is C19H22O4. The smallest absolute Gasteiger partial charge is 0.308 e. The molecular weight excluding hydrogens is 292 g/mol. The molecule has 0 saturated carbocycles. The van der Waals surface area contributed by atoms with Crippen molar-refractivity contribution in [2.75, 3.05) is 6.61 Å². The van der Waals surface area contributed by atoms with Crippen LogP contribution >= 0.6 is 0 Å². The average Bonchev–Trinajstić information content (AvgIpc) is 2.54. The molecule has 1 unspecified atom stereocenters. The van der Waals surface area contributed by atoms with E-state index in [1.165, 1.54) is 0 Å². The topological polar surface area (TPSA) is 66.8 Å². The number of benzene rings is 2. The van der Waals surface area contributed by atoms with Crippen molar-refractivity contribution in [2.45, 2.75) is 26.2 Å². The van der Waals surface area contributed by atoms with Gasteiger partial charge in [-0.2, -0.15) is 0 Å². The molecule has 0 heterocycles. The lowest BCUT2D eigenvalue weighted by Crippen LogP contribution is -2.18. The van der Waals surface area contributed by atoms with Gasteiger partial charge in [0.2, 0.25) is 0 Å². The lowest BCUT2D eigenvalue weighted by atomic mass is 9.84. The van der Waals surface area contributed by atoms with E-state index in [1.54, 1.807) is 31.2 Å². The molecule has 0 aliphatic heterocycles. The molecule has 0 bridgehead atoms. The predicted molar refractivity (Wildman–Crippen MR) is 88.5 cm³/mol. The zero-order valence-corrected chi connectivity index (χ0v) is 13.4. The molecule has 122 valence electrons. The summed E-state index contributed by atoms with van der Waals surface area (Å²) in [7, 11) is 0. The molecule has 23 heavy (non-hydrogen) atoms. The zero-order chi connectivity index (χ0) is 16.8. The third-order valence-electron chi connectivity index (χ3n) is 3.87. The summed E-state index contributed by atoms with van der Waals surface area (Å²) in [5.41, 5.74) is 2.01. The summed E-state index contributed by atoms with van der Waals surface area (Å²) in [4.78, 5) is 11.9. The van der Waals surface area contributed by atoms with Gasteiger partial charge in [0, 0.05) is 5.92 Å². The first-order valence-corrected chi connectivity index (χ1v) is 7.75. The Kier molecular flexibility index (Phi) is 5.63. The largest absolute Gasteiger partial charge is 0.508 e. The summed E-state index contributed by atoms with van der Waals surface area (Å²) in [5, 5.41) is 19.0. The van der Waals surface area contributed by atoms with E-state index in [-0.39, 0.29) is 29.3 Å². The molecule has 2 aromatic rings. The van der Waals surface area contributed by atoms with E-state index in [4.69, 9.17) is 4.74 Å². The maximum Gasteiger partial charge on any atom is 0.308 e. The summed E-state index contributed by atoms with van der Waals surface area (Å²) < 4.78 is 5.10. The molecule has 2 aromatic carbocycles. The van der Waals surface area contributed by atoms with Gasteiger partial charge in [-0.25, -0.2) is 0 Å². The number of phenols is 2. The number of ether oxygens (including phenoxy) is 1. The molecule has 0 amide bonds. The van der Waals surface area contributed by atoms with Gasteiger partial charge >= 0.3 is 5.97 Å². The highest BCUT2D eigenvalue weighted by Gasteiger charge is 2.22. The molecule has 0 radical (unpaired) electrons. The molecule has 0 spiro atoms. The lowest BCUT2D eigenvalue weighted by Gasteiger charge is -2.21. The highest BCUT2D eigenvalue weighted by molar-refractivity contribution is 5.72. The minimum atomic E-state index is -0.248. The van der Waals surface area contributed by atoms with Crippen molar-refractivity contribution in [3.05, 3.63) is 59.7 Å². The maximum atomic E-state index is 11.9. The second kappa shape index (κ2) is 7.68. The fourth-order valence-electron chi connectivity index (χ4n) is 2.61. The van der Waals surface area contributed by atoms with Crippen LogP contribution in [0.2, 0.25) is 0 Å². The van der Waals surface area contributed by atoms with Gasteiger partial charge < -0.3 is 14.9 Å². The monoisotopic (exact) mass is 314 g/mol. The number of hydrogen-bond acceptors (Lipinski definition) is 4. The normalized spacial score (nSPS) is 12.1. The van der Waals surface area contributed by atoms with Gasteiger partial charge in [-0.05, 0) is 48.7 Å². The van der Waals surface area contributed by atoms with Crippen LogP contribution < -0.4 is 0 Å². The zero-order valence-electron chi connectivity index (χ0n) is 13.4. The van der Waals surface area contributed by atoms with Gasteiger partial charge in [0.15, 0.2) is 0 Å². The standard InChI is InChI=1S/C19H22O4/c1-3-23-19(22)13(2)12-18(14-4-8-16(20)9-5-14)15-6-10-17(21)11-7-15/h4-11,13,18,20-21H,3,12H2,1-2H3. The first kappa shape index (κ1) is 16.9. The Bertz CT molecular complexity index is 586. The van der Waals surface area contributed by atoms with Crippen LogP contribution in [0.15, 0.2) is 48.5 Å². The summed E-state index contributed by atoms with van der Waals surface area (Å²) in [6.45, 7) is 4.01. The minimum absolute atomic E-state index is 0.0180. The maximum absolute atomic E-state index is 11.9. The predicted octanol–water partition coefficient (Wildman–Crippen LogP) is 3.82. The van der Waals surface area contributed by atoms with E-state index in [9.17, 15) is 15.0 Å². The van der Waals surface area contributed by atoms with E-state index in [0.29, 0.717) is 13.0 Å². The lowest BCUT2D eigenvalue weighted by molar-refractivity contribution is -0.147. The number of phenolic OH excluding ortho intramolecular Hbond substituents is 2. The molecule has 0 aromatic heterocycles. The van der Waals surface area contributed by atoms with E-state index in [1.807, 2.05) is 31.2 Å². The summed E-state index contributed by atoms with van der Waals surface area (Å²) in [6, 6.07) is 14.0. The van der Waals surface area contributed by atoms with Crippen LogP contribution in [-0.4, -0.2) is 22.8 Å². The SMILES string of the molecule is CCOC(=O)C(C)CC(c1ccc(O)cc1)c1ccc(O)cc1. The highest BCUT2D eigenvalue weighted by atomic mass is 16.5. The number of carbonyl (C=O) groups is 1.